The summed E-state index contributed by atoms with van der Waals surface area (Å²) in [5.41, 5.74) is -0.0992. The normalized spacial score (nSPS) is 21.3. The van der Waals surface area contributed by atoms with Gasteiger partial charge < -0.3 is 20.5 Å². The van der Waals surface area contributed by atoms with Gasteiger partial charge in [0.05, 0.1) is 12.2 Å². The maximum Gasteiger partial charge on any atom is 0.314 e. The van der Waals surface area contributed by atoms with Gasteiger partial charge in [-0.15, -0.1) is 0 Å². The van der Waals surface area contributed by atoms with E-state index in [-0.39, 0.29) is 17.6 Å². The lowest BCUT2D eigenvalue weighted by Crippen LogP contribution is -2.42. The molecular weight excluding hydrogens is 256 g/mol. The quantitative estimate of drug-likeness (QED) is 0.671. The lowest BCUT2D eigenvalue weighted by atomic mass is 9.87. The number of rotatable bonds is 7. The van der Waals surface area contributed by atoms with Crippen LogP contribution >= 0.6 is 0 Å². The van der Waals surface area contributed by atoms with Gasteiger partial charge in [0.15, 0.2) is 0 Å². The first kappa shape index (κ1) is 17.2. The van der Waals surface area contributed by atoms with Crippen molar-refractivity contribution in [3.05, 3.63) is 0 Å². The molecule has 1 aliphatic rings. The Morgan fingerprint density at radius 3 is 2.75 bits per heavy atom. The van der Waals surface area contributed by atoms with Crippen LogP contribution < -0.4 is 10.6 Å². The zero-order valence-corrected chi connectivity index (χ0v) is 13.1. The second-order valence-electron chi connectivity index (χ2n) is 6.60. The average molecular weight is 286 g/mol. The van der Waals surface area contributed by atoms with Gasteiger partial charge in [0.1, 0.15) is 0 Å². The Balaban J connectivity index is 2.10. The van der Waals surface area contributed by atoms with Crippen LogP contribution in [-0.4, -0.2) is 43.0 Å². The summed E-state index contributed by atoms with van der Waals surface area (Å²) in [4.78, 5) is 11.7. The van der Waals surface area contributed by atoms with Gasteiger partial charge in [-0.3, -0.25) is 0 Å². The van der Waals surface area contributed by atoms with Gasteiger partial charge in [-0.05, 0) is 44.4 Å². The predicted molar refractivity (Wildman–Crippen MR) is 79.7 cm³/mol. The number of carbonyl (C=O) groups is 1. The Labute approximate surface area is 122 Å². The van der Waals surface area contributed by atoms with Gasteiger partial charge in [0, 0.05) is 19.7 Å². The molecule has 0 aromatic carbocycles. The molecule has 0 saturated carbocycles. The van der Waals surface area contributed by atoms with Crippen molar-refractivity contribution in [3.8, 4) is 0 Å². The number of hydrogen-bond donors (Lipinski definition) is 3. The van der Waals surface area contributed by atoms with Crippen LogP contribution in [0.3, 0.4) is 0 Å². The lowest BCUT2D eigenvalue weighted by Gasteiger charge is -2.26. The Morgan fingerprint density at radius 1 is 1.40 bits per heavy atom. The minimum atomic E-state index is -0.349. The van der Waals surface area contributed by atoms with Crippen molar-refractivity contribution in [2.24, 2.45) is 5.41 Å². The highest BCUT2D eigenvalue weighted by Crippen LogP contribution is 2.20. The SMILES string of the molecule is CC(O)CC(C)(C)CNC(=O)NCCC1CCCCO1. The third kappa shape index (κ3) is 7.70. The largest absolute Gasteiger partial charge is 0.393 e. The van der Waals surface area contributed by atoms with E-state index in [1.165, 1.54) is 6.42 Å². The number of nitrogens with one attached hydrogen (secondary N) is 2. The van der Waals surface area contributed by atoms with E-state index in [0.717, 1.165) is 25.9 Å². The van der Waals surface area contributed by atoms with E-state index >= 15 is 0 Å². The molecule has 1 rings (SSSR count). The van der Waals surface area contributed by atoms with Crippen LogP contribution in [0.4, 0.5) is 4.79 Å². The summed E-state index contributed by atoms with van der Waals surface area (Å²) in [6, 6.07) is -0.139. The van der Waals surface area contributed by atoms with Gasteiger partial charge in [0.25, 0.3) is 0 Å². The van der Waals surface area contributed by atoms with Crippen LogP contribution in [0, 0.1) is 5.41 Å². The highest BCUT2D eigenvalue weighted by atomic mass is 16.5. The molecule has 2 unspecified atom stereocenters. The van der Waals surface area contributed by atoms with Crippen molar-refractivity contribution >= 4 is 6.03 Å². The van der Waals surface area contributed by atoms with Crippen molar-refractivity contribution in [2.75, 3.05) is 19.7 Å². The predicted octanol–water partition coefficient (Wildman–Crippen LogP) is 2.04. The number of urea groups is 1. The van der Waals surface area contributed by atoms with Crippen LogP contribution in [-0.2, 0) is 4.74 Å². The smallest absolute Gasteiger partial charge is 0.314 e. The summed E-state index contributed by atoms with van der Waals surface area (Å²) in [5, 5.41) is 15.1. The maximum atomic E-state index is 11.7. The van der Waals surface area contributed by atoms with E-state index in [1.807, 2.05) is 13.8 Å². The van der Waals surface area contributed by atoms with Gasteiger partial charge in [-0.1, -0.05) is 13.8 Å². The Morgan fingerprint density at radius 2 is 2.15 bits per heavy atom. The summed E-state index contributed by atoms with van der Waals surface area (Å²) in [5.74, 6) is 0. The highest BCUT2D eigenvalue weighted by molar-refractivity contribution is 5.73. The van der Waals surface area contributed by atoms with Crippen molar-refractivity contribution in [1.82, 2.24) is 10.6 Å². The van der Waals surface area contributed by atoms with Gasteiger partial charge in [0.2, 0.25) is 0 Å². The van der Waals surface area contributed by atoms with Crippen LogP contribution in [0.15, 0.2) is 0 Å². The zero-order valence-electron chi connectivity index (χ0n) is 13.1. The molecule has 0 aromatic rings. The fraction of sp³-hybridized carbons (Fsp3) is 0.933. The second-order valence-corrected chi connectivity index (χ2v) is 6.60. The number of ether oxygens (including phenoxy) is 1. The van der Waals surface area contributed by atoms with Crippen LogP contribution in [0.5, 0.6) is 0 Å². The molecule has 2 amide bonds. The minimum Gasteiger partial charge on any atom is -0.393 e. The van der Waals surface area contributed by atoms with E-state index in [1.54, 1.807) is 6.92 Å². The van der Waals surface area contributed by atoms with E-state index in [4.69, 9.17) is 4.74 Å². The highest BCUT2D eigenvalue weighted by Gasteiger charge is 2.21. The number of aliphatic hydroxyl groups is 1. The first-order valence-corrected chi connectivity index (χ1v) is 7.70. The molecule has 1 saturated heterocycles. The number of aliphatic hydroxyl groups excluding tert-OH is 1. The molecule has 0 radical (unpaired) electrons. The zero-order chi connectivity index (χ0) is 15.0. The van der Waals surface area contributed by atoms with Crippen LogP contribution in [0.25, 0.3) is 0 Å². The van der Waals surface area contributed by atoms with E-state index in [0.29, 0.717) is 25.6 Å². The summed E-state index contributed by atoms with van der Waals surface area (Å²) in [6.45, 7) is 7.90. The molecule has 118 valence electrons. The van der Waals surface area contributed by atoms with E-state index in [2.05, 4.69) is 10.6 Å². The Bertz CT molecular complexity index is 287. The number of hydrogen-bond acceptors (Lipinski definition) is 3. The fourth-order valence-electron chi connectivity index (χ4n) is 2.64. The van der Waals surface area contributed by atoms with Gasteiger partial charge in [-0.2, -0.15) is 0 Å². The van der Waals surface area contributed by atoms with Crippen LogP contribution in [0.1, 0.15) is 52.9 Å². The molecule has 1 fully saturated rings. The standard InChI is InChI=1S/C15H30N2O3/c1-12(18)10-15(2,3)11-17-14(19)16-8-7-13-6-4-5-9-20-13/h12-13,18H,4-11H2,1-3H3,(H2,16,17,19). The van der Waals surface area contributed by atoms with Crippen LogP contribution in [0.2, 0.25) is 0 Å². The molecular formula is C15H30N2O3. The summed E-state index contributed by atoms with van der Waals surface area (Å²) in [6.07, 6.45) is 4.99. The first-order valence-electron chi connectivity index (χ1n) is 7.70. The third-order valence-electron chi connectivity index (χ3n) is 3.60. The molecule has 5 nitrogen and oxygen atoms in total. The molecule has 1 aliphatic heterocycles. The average Bonchev–Trinajstić information content (AvgIpc) is 2.36. The topological polar surface area (TPSA) is 70.6 Å². The molecule has 3 N–H and O–H groups in total. The molecule has 0 aromatic heterocycles. The number of amides is 2. The molecule has 0 bridgehead atoms. The number of carbonyl (C=O) groups excluding carboxylic acids is 1. The van der Waals surface area contributed by atoms with Gasteiger partial charge >= 0.3 is 6.03 Å². The van der Waals surface area contributed by atoms with E-state index in [9.17, 15) is 9.90 Å². The van der Waals surface area contributed by atoms with Crippen molar-refractivity contribution in [2.45, 2.75) is 65.1 Å². The van der Waals surface area contributed by atoms with Crippen molar-refractivity contribution in [3.63, 3.8) is 0 Å². The minimum absolute atomic E-state index is 0.0992. The van der Waals surface area contributed by atoms with Gasteiger partial charge in [-0.25, -0.2) is 4.79 Å². The molecule has 0 spiro atoms. The summed E-state index contributed by atoms with van der Waals surface area (Å²) < 4.78 is 5.62. The second kappa shape index (κ2) is 8.47. The van der Waals surface area contributed by atoms with Crippen molar-refractivity contribution in [1.29, 1.82) is 0 Å². The molecule has 2 atom stereocenters. The van der Waals surface area contributed by atoms with E-state index < -0.39 is 0 Å². The van der Waals surface area contributed by atoms with Crippen molar-refractivity contribution < 1.29 is 14.6 Å². The fourth-order valence-corrected chi connectivity index (χ4v) is 2.64. The lowest BCUT2D eigenvalue weighted by molar-refractivity contribution is 0.0120. The maximum absolute atomic E-state index is 11.7. The third-order valence-corrected chi connectivity index (χ3v) is 3.60. The first-order chi connectivity index (χ1) is 9.39. The monoisotopic (exact) mass is 286 g/mol. The Hall–Kier alpha value is -0.810. The summed E-state index contributed by atoms with van der Waals surface area (Å²) >= 11 is 0. The molecule has 0 aliphatic carbocycles. The molecule has 5 heteroatoms. The Kier molecular flexibility index (Phi) is 7.30. The molecule has 1 heterocycles. The summed E-state index contributed by atoms with van der Waals surface area (Å²) in [7, 11) is 0. The molecule has 20 heavy (non-hydrogen) atoms.